The van der Waals surface area contributed by atoms with Crippen LogP contribution in [0.1, 0.15) is 0 Å². The van der Waals surface area contributed by atoms with E-state index in [4.69, 9.17) is 27.9 Å². The topological polar surface area (TPSA) is 99.3 Å². The van der Waals surface area contributed by atoms with Gasteiger partial charge in [0.25, 0.3) is 5.69 Å². The molecule has 0 radical (unpaired) electrons. The normalized spacial score (nSPS) is 10.9. The zero-order chi connectivity index (χ0) is 23.5. The van der Waals surface area contributed by atoms with Crippen LogP contribution in [0.3, 0.4) is 0 Å². The number of hydrogen-bond acceptors (Lipinski definition) is 6. The van der Waals surface area contributed by atoms with Gasteiger partial charge in [-0.25, -0.2) is 4.98 Å². The average molecular weight is 503 g/mol. The van der Waals surface area contributed by atoms with E-state index in [1.165, 1.54) is 23.9 Å². The van der Waals surface area contributed by atoms with E-state index in [0.717, 1.165) is 0 Å². The van der Waals surface area contributed by atoms with Crippen molar-refractivity contribution in [3.8, 4) is 11.4 Å². The zero-order valence-electron chi connectivity index (χ0n) is 17.1. The Morgan fingerprint density at radius 3 is 2.58 bits per heavy atom. The lowest BCUT2D eigenvalue weighted by Crippen LogP contribution is -2.14. The van der Waals surface area contributed by atoms with Crippen LogP contribution in [0.15, 0.2) is 65.8 Å². The van der Waals surface area contributed by atoms with Crippen LogP contribution in [-0.4, -0.2) is 33.2 Å². The van der Waals surface area contributed by atoms with Gasteiger partial charge in [0.2, 0.25) is 5.91 Å². The number of ether oxygens (including phenoxy) is 1. The molecule has 1 aromatic heterocycles. The maximum atomic E-state index is 12.6. The summed E-state index contributed by atoms with van der Waals surface area (Å²) in [5.74, 6) is 0.336. The fraction of sp³-hybridized carbons (Fsp3) is 0.0909. The molecule has 33 heavy (non-hydrogen) atoms. The molecular weight excluding hydrogens is 487 g/mol. The summed E-state index contributed by atoms with van der Waals surface area (Å²) in [4.78, 5) is 27.9. The van der Waals surface area contributed by atoms with E-state index in [9.17, 15) is 14.9 Å². The molecule has 1 heterocycles. The molecule has 0 atom stereocenters. The Balaban J connectivity index is 1.68. The highest BCUT2D eigenvalue weighted by atomic mass is 35.5. The largest absolute Gasteiger partial charge is 0.495 e. The zero-order valence-corrected chi connectivity index (χ0v) is 19.4. The highest BCUT2D eigenvalue weighted by Crippen LogP contribution is 2.34. The summed E-state index contributed by atoms with van der Waals surface area (Å²) in [5, 5.41) is 15.3. The smallest absolute Gasteiger partial charge is 0.271 e. The van der Waals surface area contributed by atoms with Crippen LogP contribution in [0.2, 0.25) is 10.0 Å². The number of hydrogen-bond donors (Lipinski definition) is 1. The molecule has 0 unspecified atom stereocenters. The number of halogens is 2. The molecule has 0 fully saturated rings. The Kier molecular flexibility index (Phi) is 6.73. The van der Waals surface area contributed by atoms with Gasteiger partial charge < -0.3 is 10.1 Å². The first-order valence-electron chi connectivity index (χ1n) is 9.55. The van der Waals surface area contributed by atoms with Crippen molar-refractivity contribution in [2.45, 2.75) is 5.16 Å². The molecule has 1 amide bonds. The number of imidazole rings is 1. The fourth-order valence-electron chi connectivity index (χ4n) is 3.26. The third kappa shape index (κ3) is 5.05. The van der Waals surface area contributed by atoms with Crippen LogP contribution in [-0.2, 0) is 4.79 Å². The summed E-state index contributed by atoms with van der Waals surface area (Å²) in [7, 11) is 1.55. The highest BCUT2D eigenvalue weighted by molar-refractivity contribution is 7.99. The van der Waals surface area contributed by atoms with Crippen molar-refractivity contribution in [1.82, 2.24) is 9.55 Å². The third-order valence-electron chi connectivity index (χ3n) is 4.62. The monoisotopic (exact) mass is 502 g/mol. The number of amides is 1. The minimum absolute atomic E-state index is 0.0324. The molecule has 3 aromatic carbocycles. The number of benzene rings is 3. The number of nitro benzene ring substituents is 1. The van der Waals surface area contributed by atoms with Gasteiger partial charge in [0.1, 0.15) is 5.75 Å². The van der Waals surface area contributed by atoms with Crippen LogP contribution < -0.4 is 10.1 Å². The molecule has 4 rings (SSSR count). The van der Waals surface area contributed by atoms with Crippen molar-refractivity contribution in [1.29, 1.82) is 0 Å². The van der Waals surface area contributed by atoms with Crippen molar-refractivity contribution >= 4 is 63.3 Å². The molecule has 0 saturated carbocycles. The molecule has 0 aliphatic carbocycles. The highest BCUT2D eigenvalue weighted by Gasteiger charge is 2.19. The Bertz CT molecular complexity index is 1360. The summed E-state index contributed by atoms with van der Waals surface area (Å²) in [6.45, 7) is 0. The quantitative estimate of drug-likeness (QED) is 0.189. The van der Waals surface area contributed by atoms with E-state index in [1.807, 2.05) is 22.8 Å². The molecule has 168 valence electrons. The first kappa shape index (κ1) is 22.9. The van der Waals surface area contributed by atoms with E-state index in [2.05, 4.69) is 10.3 Å². The SMILES string of the molecule is COc1ccccc1-n1c(SCC(=O)Nc2cc(Cl)cc(Cl)c2)nc2cc([N+](=O)[O-])ccc21. The van der Waals surface area contributed by atoms with Gasteiger partial charge in [-0.3, -0.25) is 19.5 Å². The van der Waals surface area contributed by atoms with Crippen LogP contribution in [0, 0.1) is 10.1 Å². The van der Waals surface area contributed by atoms with E-state index in [-0.39, 0.29) is 17.3 Å². The molecule has 8 nitrogen and oxygen atoms in total. The van der Waals surface area contributed by atoms with Crippen LogP contribution in [0.4, 0.5) is 11.4 Å². The minimum Gasteiger partial charge on any atom is -0.495 e. The number of fused-ring (bicyclic) bond motifs is 1. The summed E-state index contributed by atoms with van der Waals surface area (Å²) >= 11 is 13.2. The molecule has 4 aromatic rings. The van der Waals surface area contributed by atoms with E-state index >= 15 is 0 Å². The number of nitrogens with one attached hydrogen (secondary N) is 1. The Morgan fingerprint density at radius 2 is 1.88 bits per heavy atom. The van der Waals surface area contributed by atoms with Crippen LogP contribution in [0.25, 0.3) is 16.7 Å². The predicted octanol–water partition coefficient (Wildman–Crippen LogP) is 5.98. The number of thioether (sulfide) groups is 1. The van der Waals surface area contributed by atoms with Gasteiger partial charge >= 0.3 is 0 Å². The summed E-state index contributed by atoms with van der Waals surface area (Å²) < 4.78 is 7.30. The van der Waals surface area contributed by atoms with Crippen molar-refractivity contribution in [2.75, 3.05) is 18.2 Å². The lowest BCUT2D eigenvalue weighted by molar-refractivity contribution is -0.384. The Labute approximate surface area is 202 Å². The van der Waals surface area contributed by atoms with Gasteiger partial charge in [-0.15, -0.1) is 0 Å². The standard InChI is InChI=1S/C22H16Cl2N4O4S/c1-32-20-5-3-2-4-19(20)27-18-7-6-16(28(30)31)11-17(18)26-22(27)33-12-21(29)25-15-9-13(23)8-14(24)10-15/h2-11H,12H2,1H3,(H,25,29). The first-order chi connectivity index (χ1) is 15.9. The molecule has 11 heteroatoms. The van der Waals surface area contributed by atoms with Gasteiger partial charge in [-0.05, 0) is 36.4 Å². The van der Waals surface area contributed by atoms with Crippen molar-refractivity contribution < 1.29 is 14.5 Å². The minimum atomic E-state index is -0.474. The lowest BCUT2D eigenvalue weighted by Gasteiger charge is -2.13. The number of nitro groups is 1. The molecule has 0 aliphatic rings. The maximum absolute atomic E-state index is 12.6. The van der Waals surface area contributed by atoms with Crippen LogP contribution >= 0.6 is 35.0 Å². The van der Waals surface area contributed by atoms with E-state index < -0.39 is 4.92 Å². The average Bonchev–Trinajstić information content (AvgIpc) is 3.14. The molecule has 1 N–H and O–H groups in total. The van der Waals surface area contributed by atoms with Gasteiger partial charge in [0.15, 0.2) is 5.16 Å². The molecule has 0 spiro atoms. The number of rotatable bonds is 7. The molecule has 0 saturated heterocycles. The molecule has 0 bridgehead atoms. The lowest BCUT2D eigenvalue weighted by atomic mass is 10.2. The van der Waals surface area contributed by atoms with E-state index in [1.54, 1.807) is 37.4 Å². The number of non-ortho nitro benzene ring substituents is 1. The second-order valence-electron chi connectivity index (χ2n) is 6.83. The number of para-hydroxylation sites is 2. The van der Waals surface area contributed by atoms with Crippen LogP contribution in [0.5, 0.6) is 5.75 Å². The van der Waals surface area contributed by atoms with Gasteiger partial charge in [0.05, 0.1) is 34.5 Å². The summed E-state index contributed by atoms with van der Waals surface area (Å²) in [6.07, 6.45) is 0. The maximum Gasteiger partial charge on any atom is 0.271 e. The number of carbonyl (C=O) groups excluding carboxylic acids is 1. The van der Waals surface area contributed by atoms with Crippen molar-refractivity contribution in [3.05, 3.63) is 80.8 Å². The van der Waals surface area contributed by atoms with E-state index in [0.29, 0.717) is 43.4 Å². The fourth-order valence-corrected chi connectivity index (χ4v) is 4.60. The third-order valence-corrected chi connectivity index (χ3v) is 6.00. The number of carbonyl (C=O) groups is 1. The number of methoxy groups -OCH3 is 1. The Morgan fingerprint density at radius 1 is 1.15 bits per heavy atom. The van der Waals surface area contributed by atoms with Crippen molar-refractivity contribution in [2.24, 2.45) is 0 Å². The van der Waals surface area contributed by atoms with Gasteiger partial charge in [-0.1, -0.05) is 47.1 Å². The van der Waals surface area contributed by atoms with Crippen molar-refractivity contribution in [3.63, 3.8) is 0 Å². The number of anilines is 1. The summed E-state index contributed by atoms with van der Waals surface area (Å²) in [6, 6.07) is 16.5. The molecule has 0 aliphatic heterocycles. The number of aromatic nitrogens is 2. The second kappa shape index (κ2) is 9.70. The predicted molar refractivity (Wildman–Crippen MR) is 130 cm³/mol. The molecular formula is C22H16Cl2N4O4S. The second-order valence-corrected chi connectivity index (χ2v) is 8.64. The Hall–Kier alpha value is -3.27. The van der Waals surface area contributed by atoms with Gasteiger partial charge in [-0.2, -0.15) is 0 Å². The number of nitrogens with zero attached hydrogens (tertiary/aromatic N) is 3. The summed E-state index contributed by atoms with van der Waals surface area (Å²) in [5.41, 5.74) is 2.18. The first-order valence-corrected chi connectivity index (χ1v) is 11.3. The van der Waals surface area contributed by atoms with Gasteiger partial charge in [0, 0.05) is 27.9 Å².